The molecule has 0 aromatic carbocycles. The van der Waals surface area contributed by atoms with Gasteiger partial charge in [-0.2, -0.15) is 0 Å². The van der Waals surface area contributed by atoms with E-state index in [4.69, 9.17) is 2.74 Å². The van der Waals surface area contributed by atoms with Crippen molar-refractivity contribution in [3.05, 3.63) is 0 Å². The number of imide groups is 1. The number of rotatable bonds is 5. The zero-order valence-corrected chi connectivity index (χ0v) is 12.8. The Hall–Kier alpha value is -1.92. The van der Waals surface area contributed by atoms with Crippen LogP contribution in [-0.2, 0) is 9.59 Å². The van der Waals surface area contributed by atoms with Gasteiger partial charge in [0, 0.05) is 29.8 Å². The fourth-order valence-corrected chi connectivity index (χ4v) is 2.61. The van der Waals surface area contributed by atoms with Gasteiger partial charge in [0.15, 0.2) is 12.2 Å². The molecule has 3 amide bonds. The standard InChI is InChI=1S/C14H22N4O3/c1-9(19)7-5-6-8-18-13(20)11-12(17(4)14(18)21)15-10(2)16(11)3/h11-12H,5-8H2,1-4H3/i7D2. The highest BCUT2D eigenvalue weighted by Crippen LogP contribution is 2.26. The van der Waals surface area contributed by atoms with Gasteiger partial charge in [0.1, 0.15) is 5.78 Å². The fraction of sp³-hybridized carbons (Fsp3) is 0.714. The number of likely N-dealkylation sites (N-methyl/N-ethyl adjacent to an activating group) is 2. The predicted molar refractivity (Wildman–Crippen MR) is 77.9 cm³/mol. The Balaban J connectivity index is 2.07. The van der Waals surface area contributed by atoms with Gasteiger partial charge in [-0.25, -0.2) is 9.79 Å². The number of urea groups is 1. The summed E-state index contributed by atoms with van der Waals surface area (Å²) in [6, 6.07) is -0.978. The van der Waals surface area contributed by atoms with Crippen molar-refractivity contribution in [2.45, 2.75) is 45.3 Å². The number of carbonyl (C=O) groups excluding carboxylic acids is 3. The molecule has 7 nitrogen and oxygen atoms in total. The molecule has 0 N–H and O–H groups in total. The van der Waals surface area contributed by atoms with Crippen LogP contribution >= 0.6 is 0 Å². The Morgan fingerprint density at radius 2 is 1.95 bits per heavy atom. The highest BCUT2D eigenvalue weighted by atomic mass is 16.2. The van der Waals surface area contributed by atoms with Crippen LogP contribution in [0.1, 0.15) is 35.8 Å². The van der Waals surface area contributed by atoms with Crippen molar-refractivity contribution >= 4 is 23.6 Å². The van der Waals surface area contributed by atoms with E-state index in [2.05, 4.69) is 4.99 Å². The maximum Gasteiger partial charge on any atom is 0.328 e. The van der Waals surface area contributed by atoms with Gasteiger partial charge in [-0.3, -0.25) is 9.69 Å². The summed E-state index contributed by atoms with van der Waals surface area (Å²) >= 11 is 0. The Labute approximate surface area is 127 Å². The maximum atomic E-state index is 12.6. The van der Waals surface area contributed by atoms with Crippen molar-refractivity contribution in [3.63, 3.8) is 0 Å². The van der Waals surface area contributed by atoms with Crippen molar-refractivity contribution < 1.29 is 17.1 Å². The summed E-state index contributed by atoms with van der Waals surface area (Å²) in [4.78, 5) is 44.8. The number of Topliss-reactive ketones (excluding diaryl/α,β-unsaturated/α-hetero) is 1. The van der Waals surface area contributed by atoms with E-state index < -0.39 is 30.4 Å². The molecule has 21 heavy (non-hydrogen) atoms. The summed E-state index contributed by atoms with van der Waals surface area (Å²) in [7, 11) is 3.36. The second kappa shape index (κ2) is 5.83. The third kappa shape index (κ3) is 2.77. The molecule has 0 aliphatic carbocycles. The van der Waals surface area contributed by atoms with E-state index >= 15 is 0 Å². The zero-order chi connectivity index (χ0) is 17.5. The lowest BCUT2D eigenvalue weighted by Crippen LogP contribution is -2.64. The number of amidine groups is 1. The van der Waals surface area contributed by atoms with Crippen LogP contribution in [0, 0.1) is 0 Å². The van der Waals surface area contributed by atoms with E-state index in [1.54, 1.807) is 25.9 Å². The average molecular weight is 296 g/mol. The molecule has 0 spiro atoms. The molecule has 0 radical (unpaired) electrons. The Morgan fingerprint density at radius 1 is 1.29 bits per heavy atom. The van der Waals surface area contributed by atoms with E-state index in [0.29, 0.717) is 5.84 Å². The van der Waals surface area contributed by atoms with E-state index in [1.165, 1.54) is 11.8 Å². The molecule has 2 unspecified atom stereocenters. The highest BCUT2D eigenvalue weighted by Gasteiger charge is 2.49. The molecule has 0 bridgehead atoms. The molecule has 7 heteroatoms. The summed E-state index contributed by atoms with van der Waals surface area (Å²) in [6.07, 6.45) is -2.23. The van der Waals surface area contributed by atoms with Crippen LogP contribution in [0.5, 0.6) is 0 Å². The first kappa shape index (κ1) is 12.8. The minimum atomic E-state index is -1.93. The lowest BCUT2D eigenvalue weighted by Gasteiger charge is -2.40. The summed E-state index contributed by atoms with van der Waals surface area (Å²) < 4.78 is 15.2. The third-order valence-electron chi connectivity index (χ3n) is 3.91. The molecule has 2 atom stereocenters. The van der Waals surface area contributed by atoms with Crippen LogP contribution in [0.15, 0.2) is 4.99 Å². The summed E-state index contributed by atoms with van der Waals surface area (Å²) in [5.41, 5.74) is 0. The zero-order valence-electron chi connectivity index (χ0n) is 14.8. The Bertz CT molecular complexity index is 578. The molecule has 2 rings (SSSR count). The molecule has 116 valence electrons. The fourth-order valence-electron chi connectivity index (χ4n) is 2.61. The topological polar surface area (TPSA) is 73.3 Å². The molecule has 0 aromatic heterocycles. The highest BCUT2D eigenvalue weighted by molar-refractivity contribution is 6.03. The van der Waals surface area contributed by atoms with Crippen LogP contribution in [0.25, 0.3) is 0 Å². The van der Waals surface area contributed by atoms with E-state index in [9.17, 15) is 14.4 Å². The molecular formula is C14H22N4O3. The van der Waals surface area contributed by atoms with E-state index in [1.807, 2.05) is 0 Å². The van der Waals surface area contributed by atoms with Crippen molar-refractivity contribution in [1.82, 2.24) is 14.7 Å². The number of hydrogen-bond acceptors (Lipinski definition) is 5. The van der Waals surface area contributed by atoms with Gasteiger partial charge in [0.05, 0.1) is 5.84 Å². The molecule has 2 aliphatic rings. The summed E-state index contributed by atoms with van der Waals surface area (Å²) in [6.45, 7) is 3.07. The lowest BCUT2D eigenvalue weighted by atomic mass is 10.1. The molecule has 0 aromatic rings. The summed E-state index contributed by atoms with van der Waals surface area (Å²) in [5, 5.41) is 0. The Morgan fingerprint density at radius 3 is 2.57 bits per heavy atom. The smallest absolute Gasteiger partial charge is 0.328 e. The predicted octanol–water partition coefficient (Wildman–Crippen LogP) is 0.698. The second-order valence-corrected chi connectivity index (χ2v) is 5.37. The molecule has 1 saturated heterocycles. The van der Waals surface area contributed by atoms with Gasteiger partial charge >= 0.3 is 6.03 Å². The number of hydrogen-bond donors (Lipinski definition) is 0. The minimum absolute atomic E-state index is 0.0252. The maximum absolute atomic E-state index is 12.6. The van der Waals surface area contributed by atoms with Gasteiger partial charge in [-0.05, 0) is 26.7 Å². The van der Waals surface area contributed by atoms with Gasteiger partial charge in [0.25, 0.3) is 5.91 Å². The molecule has 2 heterocycles. The van der Waals surface area contributed by atoms with Crippen molar-refractivity contribution in [2.75, 3.05) is 20.6 Å². The number of carbonyl (C=O) groups is 3. The van der Waals surface area contributed by atoms with E-state index in [0.717, 1.165) is 4.90 Å². The summed E-state index contributed by atoms with van der Waals surface area (Å²) in [5.74, 6) is -0.183. The van der Waals surface area contributed by atoms with Crippen molar-refractivity contribution in [1.29, 1.82) is 0 Å². The molecule has 0 saturated carbocycles. The minimum Gasteiger partial charge on any atom is -0.348 e. The first-order valence-electron chi connectivity index (χ1n) is 7.94. The average Bonchev–Trinajstić information content (AvgIpc) is 2.76. The number of ketones is 1. The third-order valence-corrected chi connectivity index (χ3v) is 3.91. The first-order valence-corrected chi connectivity index (χ1v) is 6.94. The lowest BCUT2D eigenvalue weighted by molar-refractivity contribution is -0.137. The van der Waals surface area contributed by atoms with Gasteiger partial charge in [-0.1, -0.05) is 0 Å². The van der Waals surface area contributed by atoms with Crippen molar-refractivity contribution in [3.8, 4) is 0 Å². The number of nitrogens with zero attached hydrogens (tertiary/aromatic N) is 4. The van der Waals surface area contributed by atoms with Crippen LogP contribution < -0.4 is 0 Å². The Kier molecular flexibility index (Phi) is 3.55. The van der Waals surface area contributed by atoms with Gasteiger partial charge in [-0.15, -0.1) is 0 Å². The monoisotopic (exact) mass is 296 g/mol. The SMILES string of the molecule is [2H]C([2H])(CCCN1C(=O)C2C(N=C(C)N2C)N(C)C1=O)C(C)=O. The number of fused-ring (bicyclic) bond motifs is 1. The van der Waals surface area contributed by atoms with Crippen LogP contribution in [-0.4, -0.2) is 71.1 Å². The van der Waals surface area contributed by atoms with Gasteiger partial charge in [0.2, 0.25) is 0 Å². The van der Waals surface area contributed by atoms with Crippen LogP contribution in [0.4, 0.5) is 4.79 Å². The van der Waals surface area contributed by atoms with E-state index in [-0.39, 0.29) is 25.3 Å². The van der Waals surface area contributed by atoms with Gasteiger partial charge < -0.3 is 14.6 Å². The molecule has 1 fully saturated rings. The largest absolute Gasteiger partial charge is 0.348 e. The molecular weight excluding hydrogens is 272 g/mol. The number of amides is 3. The van der Waals surface area contributed by atoms with Crippen LogP contribution in [0.2, 0.25) is 0 Å². The second-order valence-electron chi connectivity index (χ2n) is 5.37. The number of aliphatic imine (C=N–C) groups is 1. The van der Waals surface area contributed by atoms with Crippen LogP contribution in [0.3, 0.4) is 0 Å². The van der Waals surface area contributed by atoms with Crippen molar-refractivity contribution in [2.24, 2.45) is 4.99 Å². The first-order chi connectivity index (χ1) is 10.6. The quantitative estimate of drug-likeness (QED) is 0.748. The molecule has 2 aliphatic heterocycles. The normalized spacial score (nSPS) is 27.4.